The standard InChI is InChI=1S/C22H27F3N4O2/c1-29(2)16(12-15-4-6-17(30)7-5-15)14-28-19(31)13-18(20-26-10-3-11-27-20)21(8-9-21)22(23,24)25/h3-7,10-11,16,18,30H,8-9,12-14H2,1-2H3,(H,28,31)/t16-,18?/m0/s1. The van der Waals surface area contributed by atoms with Gasteiger partial charge < -0.3 is 15.3 Å². The number of phenolic OH excluding ortho intramolecular Hbond substituents is 1. The van der Waals surface area contributed by atoms with Gasteiger partial charge in [-0.15, -0.1) is 0 Å². The average molecular weight is 436 g/mol. The molecule has 1 aromatic heterocycles. The number of rotatable bonds is 9. The van der Waals surface area contributed by atoms with Crippen molar-refractivity contribution in [2.45, 2.75) is 43.8 Å². The zero-order chi connectivity index (χ0) is 22.6. The fraction of sp³-hybridized carbons (Fsp3) is 0.500. The fourth-order valence-electron chi connectivity index (χ4n) is 3.82. The molecule has 1 aliphatic rings. The fourth-order valence-corrected chi connectivity index (χ4v) is 3.82. The molecule has 2 atom stereocenters. The van der Waals surface area contributed by atoms with Crippen LogP contribution in [-0.2, 0) is 11.2 Å². The molecule has 1 aromatic carbocycles. The van der Waals surface area contributed by atoms with Crippen molar-refractivity contribution in [3.8, 4) is 5.75 Å². The van der Waals surface area contributed by atoms with Crippen LogP contribution in [0.25, 0.3) is 0 Å². The van der Waals surface area contributed by atoms with E-state index in [2.05, 4.69) is 15.3 Å². The molecule has 0 bridgehead atoms. The summed E-state index contributed by atoms with van der Waals surface area (Å²) < 4.78 is 41.3. The van der Waals surface area contributed by atoms with Gasteiger partial charge in [-0.2, -0.15) is 13.2 Å². The lowest BCUT2D eigenvalue weighted by molar-refractivity contribution is -0.195. The maximum atomic E-state index is 13.8. The summed E-state index contributed by atoms with van der Waals surface area (Å²) in [5, 5.41) is 12.2. The maximum absolute atomic E-state index is 13.8. The zero-order valence-electron chi connectivity index (χ0n) is 17.6. The monoisotopic (exact) mass is 436 g/mol. The van der Waals surface area contributed by atoms with Crippen LogP contribution in [0, 0.1) is 5.41 Å². The average Bonchev–Trinajstić information content (AvgIpc) is 3.53. The van der Waals surface area contributed by atoms with Crippen molar-refractivity contribution in [2.24, 2.45) is 5.41 Å². The molecule has 0 spiro atoms. The van der Waals surface area contributed by atoms with Crippen molar-refractivity contribution in [3.63, 3.8) is 0 Å². The summed E-state index contributed by atoms with van der Waals surface area (Å²) in [5.41, 5.74) is -0.950. The molecular weight excluding hydrogens is 409 g/mol. The minimum atomic E-state index is -4.41. The molecule has 1 fully saturated rings. The van der Waals surface area contributed by atoms with Crippen molar-refractivity contribution >= 4 is 5.91 Å². The van der Waals surface area contributed by atoms with E-state index in [-0.39, 0.29) is 43.4 Å². The van der Waals surface area contributed by atoms with Gasteiger partial charge >= 0.3 is 6.18 Å². The van der Waals surface area contributed by atoms with Crippen molar-refractivity contribution < 1.29 is 23.1 Å². The second-order valence-electron chi connectivity index (χ2n) is 8.31. The van der Waals surface area contributed by atoms with Gasteiger partial charge in [-0.05, 0) is 57.1 Å². The second kappa shape index (κ2) is 9.21. The normalized spacial score (nSPS) is 17.2. The molecule has 9 heteroatoms. The number of carbonyl (C=O) groups is 1. The van der Waals surface area contributed by atoms with E-state index in [0.717, 1.165) is 5.56 Å². The molecule has 1 saturated carbocycles. The number of nitrogens with zero attached hydrogens (tertiary/aromatic N) is 3. The van der Waals surface area contributed by atoms with E-state index < -0.39 is 23.4 Å². The third kappa shape index (κ3) is 5.52. The predicted molar refractivity (Wildman–Crippen MR) is 109 cm³/mol. The van der Waals surface area contributed by atoms with E-state index in [1.54, 1.807) is 30.3 Å². The van der Waals surface area contributed by atoms with E-state index in [0.29, 0.717) is 6.42 Å². The van der Waals surface area contributed by atoms with Gasteiger partial charge in [-0.25, -0.2) is 9.97 Å². The molecule has 0 radical (unpaired) electrons. The molecule has 1 unspecified atom stereocenters. The Kier molecular flexibility index (Phi) is 6.83. The molecule has 31 heavy (non-hydrogen) atoms. The summed E-state index contributed by atoms with van der Waals surface area (Å²) in [6.07, 6.45) is -1.35. The van der Waals surface area contributed by atoms with Crippen molar-refractivity contribution in [3.05, 3.63) is 54.1 Å². The quantitative estimate of drug-likeness (QED) is 0.631. The summed E-state index contributed by atoms with van der Waals surface area (Å²) in [6, 6.07) is 8.28. The Morgan fingerprint density at radius 1 is 1.19 bits per heavy atom. The number of aromatic hydroxyl groups is 1. The molecule has 0 aliphatic heterocycles. The van der Waals surface area contributed by atoms with Crippen molar-refractivity contribution in [1.82, 2.24) is 20.2 Å². The summed E-state index contributed by atoms with van der Waals surface area (Å²) in [7, 11) is 3.75. The third-order valence-electron chi connectivity index (χ3n) is 5.98. The van der Waals surface area contributed by atoms with E-state index in [1.807, 2.05) is 19.0 Å². The Bertz CT molecular complexity index is 869. The minimum Gasteiger partial charge on any atom is -0.508 e. The highest BCUT2D eigenvalue weighted by Crippen LogP contribution is 2.65. The van der Waals surface area contributed by atoms with Crippen LogP contribution in [0.15, 0.2) is 42.7 Å². The third-order valence-corrected chi connectivity index (χ3v) is 5.98. The first-order valence-corrected chi connectivity index (χ1v) is 10.2. The zero-order valence-corrected chi connectivity index (χ0v) is 17.6. The summed E-state index contributed by atoms with van der Waals surface area (Å²) in [4.78, 5) is 22.7. The largest absolute Gasteiger partial charge is 0.508 e. The molecule has 168 valence electrons. The van der Waals surface area contributed by atoms with Gasteiger partial charge in [0.25, 0.3) is 0 Å². The lowest BCUT2D eigenvalue weighted by Crippen LogP contribution is -2.43. The smallest absolute Gasteiger partial charge is 0.395 e. The highest BCUT2D eigenvalue weighted by molar-refractivity contribution is 5.77. The van der Waals surface area contributed by atoms with E-state index in [1.165, 1.54) is 12.4 Å². The number of likely N-dealkylation sites (N-methyl/N-ethyl adjacent to an activating group) is 1. The predicted octanol–water partition coefficient (Wildman–Crippen LogP) is 3.29. The van der Waals surface area contributed by atoms with E-state index in [4.69, 9.17) is 0 Å². The van der Waals surface area contributed by atoms with Gasteiger partial charge in [0, 0.05) is 37.3 Å². The maximum Gasteiger partial charge on any atom is 0.395 e. The second-order valence-corrected chi connectivity index (χ2v) is 8.31. The first-order chi connectivity index (χ1) is 14.6. The van der Waals surface area contributed by atoms with Gasteiger partial charge in [-0.3, -0.25) is 4.79 Å². The van der Waals surface area contributed by atoms with Crippen LogP contribution in [0.3, 0.4) is 0 Å². The molecular formula is C22H27F3N4O2. The van der Waals surface area contributed by atoms with Crippen molar-refractivity contribution in [2.75, 3.05) is 20.6 Å². The number of hydrogen-bond donors (Lipinski definition) is 2. The molecule has 3 rings (SSSR count). The summed E-state index contributed by atoms with van der Waals surface area (Å²) in [5.74, 6) is -1.33. The van der Waals surface area contributed by atoms with E-state index in [9.17, 15) is 23.1 Å². The Morgan fingerprint density at radius 2 is 1.81 bits per heavy atom. The van der Waals surface area contributed by atoms with Gasteiger partial charge in [-0.1, -0.05) is 12.1 Å². The lowest BCUT2D eigenvalue weighted by Gasteiger charge is -2.28. The van der Waals surface area contributed by atoms with Gasteiger partial charge in [0.1, 0.15) is 11.6 Å². The molecule has 2 aromatic rings. The van der Waals surface area contributed by atoms with Crippen LogP contribution in [0.2, 0.25) is 0 Å². The molecule has 0 saturated heterocycles. The molecule has 6 nitrogen and oxygen atoms in total. The van der Waals surface area contributed by atoms with Crippen LogP contribution >= 0.6 is 0 Å². The lowest BCUT2D eigenvalue weighted by atomic mass is 9.84. The highest BCUT2D eigenvalue weighted by Gasteiger charge is 2.68. The number of nitrogens with one attached hydrogen (secondary N) is 1. The minimum absolute atomic E-state index is 0.0200. The highest BCUT2D eigenvalue weighted by atomic mass is 19.4. The topological polar surface area (TPSA) is 78.4 Å². The first kappa shape index (κ1) is 23.0. The van der Waals surface area contributed by atoms with E-state index >= 15 is 0 Å². The summed E-state index contributed by atoms with van der Waals surface area (Å²) in [6.45, 7) is 0.286. The van der Waals surface area contributed by atoms with Gasteiger partial charge in [0.2, 0.25) is 5.91 Å². The van der Waals surface area contributed by atoms with Crippen LogP contribution < -0.4 is 5.32 Å². The number of aromatic nitrogens is 2. The van der Waals surface area contributed by atoms with Crippen LogP contribution in [0.1, 0.15) is 36.6 Å². The Balaban J connectivity index is 1.67. The molecule has 2 N–H and O–H groups in total. The number of halogens is 3. The first-order valence-electron chi connectivity index (χ1n) is 10.2. The van der Waals surface area contributed by atoms with Crippen LogP contribution in [-0.4, -0.2) is 58.7 Å². The summed E-state index contributed by atoms with van der Waals surface area (Å²) >= 11 is 0. The number of hydrogen-bond acceptors (Lipinski definition) is 5. The molecule has 1 aliphatic carbocycles. The SMILES string of the molecule is CN(C)[C@H](CNC(=O)CC(c1ncccn1)C1(C(F)(F)F)CC1)Cc1ccc(O)cc1. The van der Waals surface area contributed by atoms with Crippen LogP contribution in [0.4, 0.5) is 13.2 Å². The number of benzene rings is 1. The Labute approximate surface area is 179 Å². The van der Waals surface area contributed by atoms with Gasteiger partial charge in [0.15, 0.2) is 0 Å². The number of carbonyl (C=O) groups excluding carboxylic acids is 1. The number of amides is 1. The Morgan fingerprint density at radius 3 is 2.32 bits per heavy atom. The Hall–Kier alpha value is -2.68. The molecule has 1 amide bonds. The van der Waals surface area contributed by atoms with Crippen LogP contribution in [0.5, 0.6) is 5.75 Å². The van der Waals surface area contributed by atoms with Gasteiger partial charge in [0.05, 0.1) is 5.41 Å². The number of alkyl halides is 3. The van der Waals surface area contributed by atoms with Crippen molar-refractivity contribution in [1.29, 1.82) is 0 Å². The number of phenols is 1. The molecule has 1 heterocycles.